The highest BCUT2D eigenvalue weighted by atomic mass is 32.1. The molecule has 1 aromatic heterocycles. The van der Waals surface area contributed by atoms with E-state index in [2.05, 4.69) is 39.7 Å². The van der Waals surface area contributed by atoms with E-state index >= 15 is 0 Å². The molecule has 4 rings (SSSR count). The van der Waals surface area contributed by atoms with E-state index in [1.807, 2.05) is 48.0 Å². The number of aromatic nitrogens is 3. The van der Waals surface area contributed by atoms with Gasteiger partial charge in [0.25, 0.3) is 0 Å². The van der Waals surface area contributed by atoms with Crippen molar-refractivity contribution in [3.05, 3.63) is 77.6 Å². The number of rotatable bonds is 2. The second kappa shape index (κ2) is 5.59. The number of aryl methyl sites for hydroxylation is 1. The Kier molecular flexibility index (Phi) is 3.42. The number of anilines is 1. The molecule has 0 aliphatic carbocycles. The highest BCUT2D eigenvalue weighted by molar-refractivity contribution is 7.80. The van der Waals surface area contributed by atoms with Gasteiger partial charge in [-0.25, -0.2) is 4.68 Å². The van der Waals surface area contributed by atoms with Crippen LogP contribution in [0.4, 0.5) is 5.95 Å². The quantitative estimate of drug-likeness (QED) is 0.731. The number of fused-ring (bicyclic) bond motifs is 1. The van der Waals surface area contributed by atoms with Crippen molar-refractivity contribution in [2.75, 3.05) is 5.32 Å². The third-order valence-corrected chi connectivity index (χ3v) is 4.52. The van der Waals surface area contributed by atoms with Crippen LogP contribution in [0.15, 0.2) is 60.7 Å². The zero-order chi connectivity index (χ0) is 15.8. The fourth-order valence-corrected chi connectivity index (χ4v) is 3.45. The van der Waals surface area contributed by atoms with E-state index in [1.54, 1.807) is 0 Å². The van der Waals surface area contributed by atoms with Crippen molar-refractivity contribution in [3.8, 4) is 0 Å². The molecule has 0 spiro atoms. The number of hydrogen-bond acceptors (Lipinski definition) is 4. The van der Waals surface area contributed by atoms with E-state index in [9.17, 15) is 0 Å². The molecular weight excluding hydrogens is 304 g/mol. The zero-order valence-corrected chi connectivity index (χ0v) is 13.5. The number of nitrogens with zero attached hydrogens (tertiary/aromatic N) is 3. The Bertz CT molecular complexity index is 842. The molecule has 0 bridgehead atoms. The first-order valence-electron chi connectivity index (χ1n) is 7.57. The maximum Gasteiger partial charge on any atom is 0.223 e. The van der Waals surface area contributed by atoms with Gasteiger partial charge in [0.1, 0.15) is 11.9 Å². The van der Waals surface area contributed by atoms with Crippen LogP contribution in [0.1, 0.15) is 29.0 Å². The lowest BCUT2D eigenvalue weighted by molar-refractivity contribution is 0.608. The summed E-state index contributed by atoms with van der Waals surface area (Å²) in [6, 6.07) is 20.4. The van der Waals surface area contributed by atoms with Crippen molar-refractivity contribution in [1.29, 1.82) is 0 Å². The Balaban J connectivity index is 1.85. The lowest BCUT2D eigenvalue weighted by atomic mass is 9.93. The SMILES string of the molecule is Cc1nc2n(n1)C(c1ccccc1)C(=S)C(c1ccccc1)N2. The third kappa shape index (κ3) is 2.43. The van der Waals surface area contributed by atoms with Crippen molar-refractivity contribution in [2.45, 2.75) is 19.0 Å². The Morgan fingerprint density at radius 3 is 2.22 bits per heavy atom. The van der Waals surface area contributed by atoms with Crippen molar-refractivity contribution in [1.82, 2.24) is 14.8 Å². The highest BCUT2D eigenvalue weighted by Crippen LogP contribution is 2.35. The van der Waals surface area contributed by atoms with Crippen LogP contribution < -0.4 is 5.32 Å². The smallest absolute Gasteiger partial charge is 0.223 e. The maximum absolute atomic E-state index is 5.85. The van der Waals surface area contributed by atoms with Gasteiger partial charge in [0.2, 0.25) is 5.95 Å². The molecule has 0 saturated carbocycles. The van der Waals surface area contributed by atoms with Gasteiger partial charge in [-0.2, -0.15) is 10.1 Å². The third-order valence-electron chi connectivity index (χ3n) is 4.06. The van der Waals surface area contributed by atoms with E-state index < -0.39 is 0 Å². The van der Waals surface area contributed by atoms with Gasteiger partial charge < -0.3 is 5.32 Å². The average molecular weight is 320 g/mol. The summed E-state index contributed by atoms with van der Waals surface area (Å²) in [7, 11) is 0. The van der Waals surface area contributed by atoms with Gasteiger partial charge in [-0.05, 0) is 18.1 Å². The summed E-state index contributed by atoms with van der Waals surface area (Å²) in [5.74, 6) is 1.50. The summed E-state index contributed by atoms with van der Waals surface area (Å²) in [6.45, 7) is 1.90. The van der Waals surface area contributed by atoms with Crippen LogP contribution in [0.25, 0.3) is 0 Å². The zero-order valence-electron chi connectivity index (χ0n) is 12.7. The predicted octanol–water partition coefficient (Wildman–Crippen LogP) is 3.71. The normalized spacial score (nSPS) is 20.0. The van der Waals surface area contributed by atoms with E-state index in [-0.39, 0.29) is 12.1 Å². The second-order valence-corrected chi connectivity index (χ2v) is 6.10. The van der Waals surface area contributed by atoms with E-state index in [0.29, 0.717) is 0 Å². The molecule has 1 N–H and O–H groups in total. The highest BCUT2D eigenvalue weighted by Gasteiger charge is 2.35. The van der Waals surface area contributed by atoms with Gasteiger partial charge >= 0.3 is 0 Å². The monoisotopic (exact) mass is 320 g/mol. The molecule has 1 aliphatic rings. The van der Waals surface area contributed by atoms with Crippen molar-refractivity contribution in [2.24, 2.45) is 0 Å². The molecule has 23 heavy (non-hydrogen) atoms. The lowest BCUT2D eigenvalue weighted by Gasteiger charge is -2.32. The molecule has 4 nitrogen and oxygen atoms in total. The van der Waals surface area contributed by atoms with Crippen LogP contribution >= 0.6 is 12.2 Å². The molecular formula is C18H16N4S. The fourth-order valence-electron chi connectivity index (χ4n) is 3.02. The van der Waals surface area contributed by atoms with Crippen molar-refractivity contribution >= 4 is 23.0 Å². The number of benzene rings is 2. The number of thiocarbonyl (C=S) groups is 1. The van der Waals surface area contributed by atoms with Gasteiger partial charge in [-0.15, -0.1) is 0 Å². The molecule has 3 aromatic rings. The topological polar surface area (TPSA) is 42.7 Å². The molecule has 2 atom stereocenters. The Morgan fingerprint density at radius 2 is 1.57 bits per heavy atom. The first-order valence-corrected chi connectivity index (χ1v) is 7.98. The molecule has 114 valence electrons. The van der Waals surface area contributed by atoms with Crippen LogP contribution in [0.5, 0.6) is 0 Å². The molecule has 5 heteroatoms. The number of hydrogen-bond donors (Lipinski definition) is 1. The van der Waals surface area contributed by atoms with Gasteiger partial charge in [0.05, 0.1) is 6.04 Å². The largest absolute Gasteiger partial charge is 0.343 e. The summed E-state index contributed by atoms with van der Waals surface area (Å²) in [5.41, 5.74) is 2.27. The molecule has 2 unspecified atom stereocenters. The van der Waals surface area contributed by atoms with E-state index in [4.69, 9.17) is 12.2 Å². The average Bonchev–Trinajstić information content (AvgIpc) is 2.95. The van der Waals surface area contributed by atoms with Crippen LogP contribution in [0.3, 0.4) is 0 Å². The Morgan fingerprint density at radius 1 is 0.957 bits per heavy atom. The fraction of sp³-hybridized carbons (Fsp3) is 0.167. The van der Waals surface area contributed by atoms with Gasteiger partial charge in [-0.1, -0.05) is 72.9 Å². The number of nitrogens with one attached hydrogen (secondary N) is 1. The van der Waals surface area contributed by atoms with Crippen molar-refractivity contribution in [3.63, 3.8) is 0 Å². The van der Waals surface area contributed by atoms with Crippen LogP contribution in [0, 0.1) is 6.92 Å². The van der Waals surface area contributed by atoms with Crippen molar-refractivity contribution < 1.29 is 0 Å². The predicted molar refractivity (Wildman–Crippen MR) is 94.7 cm³/mol. The van der Waals surface area contributed by atoms with E-state index in [1.165, 1.54) is 0 Å². The maximum atomic E-state index is 5.85. The van der Waals surface area contributed by atoms with Crippen LogP contribution in [0.2, 0.25) is 0 Å². The Hall–Kier alpha value is -2.53. The molecule has 0 radical (unpaired) electrons. The minimum atomic E-state index is -0.0890. The van der Waals surface area contributed by atoms with E-state index in [0.717, 1.165) is 27.8 Å². The van der Waals surface area contributed by atoms with Crippen LogP contribution in [-0.2, 0) is 0 Å². The Labute approximate surface area is 140 Å². The first kappa shape index (κ1) is 14.1. The molecule has 1 aliphatic heterocycles. The summed E-state index contributed by atoms with van der Waals surface area (Å²) in [4.78, 5) is 5.42. The first-order chi connectivity index (χ1) is 11.2. The molecule has 0 saturated heterocycles. The van der Waals surface area contributed by atoms with Gasteiger partial charge in [-0.3, -0.25) is 0 Å². The van der Waals surface area contributed by atoms with Gasteiger partial charge in [0, 0.05) is 4.86 Å². The minimum Gasteiger partial charge on any atom is -0.343 e. The molecule has 2 heterocycles. The standard InChI is InChI=1S/C18H16N4S/c1-12-19-18-20-15(13-8-4-2-5-9-13)17(23)16(22(18)21-12)14-10-6-3-7-11-14/h2-11,15-16H,1H3,(H,19,20,21). The summed E-state index contributed by atoms with van der Waals surface area (Å²) >= 11 is 5.85. The lowest BCUT2D eigenvalue weighted by Crippen LogP contribution is -2.36. The second-order valence-electron chi connectivity index (χ2n) is 5.63. The van der Waals surface area contributed by atoms with Gasteiger partial charge in [0.15, 0.2) is 0 Å². The summed E-state index contributed by atoms with van der Waals surface area (Å²) < 4.78 is 1.90. The minimum absolute atomic E-state index is 0.0486. The summed E-state index contributed by atoms with van der Waals surface area (Å²) in [5, 5.41) is 7.97. The molecule has 2 aromatic carbocycles. The molecule has 0 fully saturated rings. The molecule has 0 amide bonds. The van der Waals surface area contributed by atoms with Crippen LogP contribution in [-0.4, -0.2) is 19.6 Å². The summed E-state index contributed by atoms with van der Waals surface area (Å²) in [6.07, 6.45) is 0.